The van der Waals surface area contributed by atoms with Gasteiger partial charge in [0.05, 0.1) is 6.61 Å². The summed E-state index contributed by atoms with van der Waals surface area (Å²) >= 11 is 0. The zero-order valence-corrected chi connectivity index (χ0v) is 9.43. The van der Waals surface area contributed by atoms with Crippen LogP contribution in [0.5, 0.6) is 5.75 Å². The molecule has 0 fully saturated rings. The molecule has 0 aromatic heterocycles. The third kappa shape index (κ3) is 3.32. The van der Waals surface area contributed by atoms with Crippen molar-refractivity contribution in [1.29, 1.82) is 0 Å². The van der Waals surface area contributed by atoms with Crippen molar-refractivity contribution in [2.45, 2.75) is 19.4 Å². The Kier molecular flexibility index (Phi) is 4.04. The lowest BCUT2D eigenvalue weighted by molar-refractivity contribution is 0.0487. The van der Waals surface area contributed by atoms with E-state index in [0.29, 0.717) is 11.3 Å². The van der Waals surface area contributed by atoms with Gasteiger partial charge < -0.3 is 14.9 Å². The van der Waals surface area contributed by atoms with Gasteiger partial charge in [0.2, 0.25) is 0 Å². The van der Waals surface area contributed by atoms with Gasteiger partial charge in [-0.3, -0.25) is 4.79 Å². The van der Waals surface area contributed by atoms with Gasteiger partial charge >= 0.3 is 0 Å². The van der Waals surface area contributed by atoms with Crippen LogP contribution in [-0.2, 0) is 0 Å². The van der Waals surface area contributed by atoms with E-state index in [1.54, 1.807) is 24.3 Å². The van der Waals surface area contributed by atoms with E-state index in [1.165, 1.54) is 13.8 Å². The molecule has 0 unspecified atom stereocenters. The lowest BCUT2D eigenvalue weighted by Gasteiger charge is -2.15. The molecule has 88 valence electrons. The molecule has 0 aliphatic heterocycles. The maximum atomic E-state index is 11.7. The van der Waals surface area contributed by atoms with Crippen LogP contribution in [0.1, 0.15) is 24.2 Å². The molecule has 0 aliphatic carbocycles. The predicted octanol–water partition coefficient (Wildman–Crippen LogP) is 1.01. The first-order chi connectivity index (χ1) is 7.45. The van der Waals surface area contributed by atoms with Crippen molar-refractivity contribution >= 4 is 5.78 Å². The molecule has 0 saturated heterocycles. The summed E-state index contributed by atoms with van der Waals surface area (Å²) in [6, 6.07) is 6.53. The molecule has 0 atom stereocenters. The Morgan fingerprint density at radius 3 is 2.69 bits per heavy atom. The van der Waals surface area contributed by atoms with Crippen LogP contribution in [0.15, 0.2) is 24.3 Å². The third-order valence-electron chi connectivity index (χ3n) is 2.01. The maximum absolute atomic E-state index is 11.7. The standard InChI is InChI=1S/C12H16O4/c1-12(2,15)11(14)9-4-3-5-10(8-9)16-7-6-13/h3-5,8,13,15H,6-7H2,1-2H3. The highest BCUT2D eigenvalue weighted by atomic mass is 16.5. The fourth-order valence-corrected chi connectivity index (χ4v) is 1.24. The summed E-state index contributed by atoms with van der Waals surface area (Å²) in [5, 5.41) is 18.2. The molecule has 0 aliphatic rings. The number of ketones is 1. The van der Waals surface area contributed by atoms with E-state index in [0.717, 1.165) is 0 Å². The monoisotopic (exact) mass is 224 g/mol. The quantitative estimate of drug-likeness (QED) is 0.732. The van der Waals surface area contributed by atoms with Gasteiger partial charge in [-0.05, 0) is 26.0 Å². The van der Waals surface area contributed by atoms with Crippen LogP contribution in [0, 0.1) is 0 Å². The minimum Gasteiger partial charge on any atom is -0.491 e. The Labute approximate surface area is 94.5 Å². The number of aliphatic hydroxyl groups is 2. The highest BCUT2D eigenvalue weighted by Gasteiger charge is 2.25. The smallest absolute Gasteiger partial charge is 0.193 e. The molecule has 0 radical (unpaired) electrons. The number of carbonyl (C=O) groups excluding carboxylic acids is 1. The van der Waals surface area contributed by atoms with Crippen LogP contribution >= 0.6 is 0 Å². The van der Waals surface area contributed by atoms with Crippen molar-refractivity contribution in [3.63, 3.8) is 0 Å². The first-order valence-corrected chi connectivity index (χ1v) is 5.06. The van der Waals surface area contributed by atoms with Crippen molar-refractivity contribution in [2.24, 2.45) is 0 Å². The summed E-state index contributed by atoms with van der Waals surface area (Å²) in [6.07, 6.45) is 0. The number of Topliss-reactive ketones (excluding diaryl/α,β-unsaturated/α-hetero) is 1. The van der Waals surface area contributed by atoms with Gasteiger partial charge in [0, 0.05) is 5.56 Å². The van der Waals surface area contributed by atoms with Gasteiger partial charge in [-0.1, -0.05) is 12.1 Å². The maximum Gasteiger partial charge on any atom is 0.193 e. The van der Waals surface area contributed by atoms with Crippen LogP contribution in [-0.4, -0.2) is 34.8 Å². The lowest BCUT2D eigenvalue weighted by atomic mass is 9.97. The van der Waals surface area contributed by atoms with Crippen LogP contribution in [0.2, 0.25) is 0 Å². The van der Waals surface area contributed by atoms with Crippen molar-refractivity contribution in [2.75, 3.05) is 13.2 Å². The van der Waals surface area contributed by atoms with Crippen molar-refractivity contribution in [3.8, 4) is 5.75 Å². The van der Waals surface area contributed by atoms with Gasteiger partial charge in [-0.15, -0.1) is 0 Å². The predicted molar refractivity (Wildman–Crippen MR) is 59.7 cm³/mol. The minimum atomic E-state index is -1.39. The van der Waals surface area contributed by atoms with E-state index >= 15 is 0 Å². The average molecular weight is 224 g/mol. The van der Waals surface area contributed by atoms with E-state index in [1.807, 2.05) is 0 Å². The second-order valence-electron chi connectivity index (χ2n) is 3.99. The lowest BCUT2D eigenvalue weighted by Crippen LogP contribution is -2.31. The van der Waals surface area contributed by atoms with E-state index in [9.17, 15) is 9.90 Å². The Morgan fingerprint density at radius 2 is 2.12 bits per heavy atom. The molecule has 1 rings (SSSR count). The van der Waals surface area contributed by atoms with Gasteiger partial charge in [0.25, 0.3) is 0 Å². The van der Waals surface area contributed by atoms with Gasteiger partial charge in [-0.25, -0.2) is 0 Å². The molecule has 2 N–H and O–H groups in total. The molecular weight excluding hydrogens is 208 g/mol. The fourth-order valence-electron chi connectivity index (χ4n) is 1.24. The molecule has 0 amide bonds. The zero-order valence-electron chi connectivity index (χ0n) is 9.43. The van der Waals surface area contributed by atoms with Gasteiger partial charge in [0.15, 0.2) is 5.78 Å². The minimum absolute atomic E-state index is 0.0797. The second-order valence-corrected chi connectivity index (χ2v) is 3.99. The molecular formula is C12H16O4. The summed E-state index contributed by atoms with van der Waals surface area (Å²) in [6.45, 7) is 2.98. The Bertz CT molecular complexity index is 366. The van der Waals surface area contributed by atoms with E-state index in [2.05, 4.69) is 0 Å². The SMILES string of the molecule is CC(C)(O)C(=O)c1cccc(OCCO)c1. The molecule has 1 aromatic rings. The third-order valence-corrected chi connectivity index (χ3v) is 2.01. The Balaban J connectivity index is 2.86. The molecule has 0 heterocycles. The molecule has 16 heavy (non-hydrogen) atoms. The van der Waals surface area contributed by atoms with Crippen molar-refractivity contribution < 1.29 is 19.7 Å². The molecule has 0 bridgehead atoms. The Hall–Kier alpha value is -1.39. The molecule has 4 nitrogen and oxygen atoms in total. The number of hydrogen-bond donors (Lipinski definition) is 2. The summed E-state index contributed by atoms with van der Waals surface area (Å²) in [5.74, 6) is 0.145. The van der Waals surface area contributed by atoms with Crippen LogP contribution in [0.4, 0.5) is 0 Å². The molecule has 1 aromatic carbocycles. The van der Waals surface area contributed by atoms with Crippen LogP contribution in [0.3, 0.4) is 0 Å². The summed E-state index contributed by atoms with van der Waals surface area (Å²) in [5.41, 5.74) is -1.00. The summed E-state index contributed by atoms with van der Waals surface area (Å²) in [4.78, 5) is 11.7. The van der Waals surface area contributed by atoms with E-state index in [-0.39, 0.29) is 19.0 Å². The van der Waals surface area contributed by atoms with Gasteiger partial charge in [-0.2, -0.15) is 0 Å². The molecule has 0 saturated carbocycles. The normalized spacial score (nSPS) is 11.2. The Morgan fingerprint density at radius 1 is 1.44 bits per heavy atom. The van der Waals surface area contributed by atoms with Crippen molar-refractivity contribution in [1.82, 2.24) is 0 Å². The number of carbonyl (C=O) groups is 1. The summed E-state index contributed by atoms with van der Waals surface area (Å²) < 4.78 is 5.17. The van der Waals surface area contributed by atoms with Crippen molar-refractivity contribution in [3.05, 3.63) is 29.8 Å². The highest BCUT2D eigenvalue weighted by molar-refractivity contribution is 6.01. The number of rotatable bonds is 5. The fraction of sp³-hybridized carbons (Fsp3) is 0.417. The van der Waals surface area contributed by atoms with Gasteiger partial charge in [0.1, 0.15) is 18.0 Å². The second kappa shape index (κ2) is 5.09. The molecule has 0 spiro atoms. The number of aliphatic hydroxyl groups excluding tert-OH is 1. The first-order valence-electron chi connectivity index (χ1n) is 5.06. The highest BCUT2D eigenvalue weighted by Crippen LogP contribution is 2.18. The van der Waals surface area contributed by atoms with Crippen LogP contribution < -0.4 is 4.74 Å². The number of benzene rings is 1. The topological polar surface area (TPSA) is 66.8 Å². The van der Waals surface area contributed by atoms with E-state index in [4.69, 9.17) is 9.84 Å². The number of ether oxygens (including phenoxy) is 1. The van der Waals surface area contributed by atoms with Crippen LogP contribution in [0.25, 0.3) is 0 Å². The summed E-state index contributed by atoms with van der Waals surface area (Å²) in [7, 11) is 0. The number of hydrogen-bond acceptors (Lipinski definition) is 4. The molecule has 4 heteroatoms. The largest absolute Gasteiger partial charge is 0.491 e. The first kappa shape index (κ1) is 12.7. The van der Waals surface area contributed by atoms with E-state index < -0.39 is 5.60 Å². The average Bonchev–Trinajstić information content (AvgIpc) is 2.24. The zero-order chi connectivity index (χ0) is 12.2.